The highest BCUT2D eigenvalue weighted by Gasteiger charge is 2.53. The Morgan fingerprint density at radius 2 is 1.25 bits per heavy atom. The predicted octanol–water partition coefficient (Wildman–Crippen LogP) is 1.80. The second-order valence-corrected chi connectivity index (χ2v) is 7.84. The molecular formula is C23H22B2O7. The molecule has 3 heterocycles. The van der Waals surface area contributed by atoms with Crippen LogP contribution >= 0.6 is 0 Å². The van der Waals surface area contributed by atoms with Crippen molar-refractivity contribution in [2.45, 2.75) is 24.4 Å². The fraction of sp³-hybridized carbons (Fsp3) is 0.261. The van der Waals surface area contributed by atoms with E-state index in [1.54, 1.807) is 12.2 Å². The van der Waals surface area contributed by atoms with Gasteiger partial charge in [-0.25, -0.2) is 4.79 Å². The molecule has 4 atom stereocenters. The lowest BCUT2D eigenvalue weighted by Crippen LogP contribution is -2.46. The van der Waals surface area contributed by atoms with Crippen LogP contribution in [-0.2, 0) is 28.1 Å². The maximum absolute atomic E-state index is 12.0. The lowest BCUT2D eigenvalue weighted by molar-refractivity contribution is -0.00430. The molecule has 3 aliphatic rings. The van der Waals surface area contributed by atoms with Crippen molar-refractivity contribution < 1.29 is 32.9 Å². The Labute approximate surface area is 187 Å². The van der Waals surface area contributed by atoms with Gasteiger partial charge < -0.3 is 28.1 Å². The Balaban J connectivity index is 1.27. The molecular weight excluding hydrogens is 410 g/mol. The van der Waals surface area contributed by atoms with Gasteiger partial charge in [0.1, 0.15) is 12.2 Å². The molecule has 162 valence electrons. The molecule has 32 heavy (non-hydrogen) atoms. The summed E-state index contributed by atoms with van der Waals surface area (Å²) in [6.45, 7) is 8.11. The highest BCUT2D eigenvalue weighted by atomic mass is 16.8. The summed E-state index contributed by atoms with van der Waals surface area (Å²) in [6, 6.07) is 15.5. The van der Waals surface area contributed by atoms with Gasteiger partial charge in [0.05, 0.1) is 13.2 Å². The van der Waals surface area contributed by atoms with Gasteiger partial charge >= 0.3 is 20.4 Å². The molecule has 0 spiro atoms. The summed E-state index contributed by atoms with van der Waals surface area (Å²) >= 11 is 0. The molecule has 9 heteroatoms. The SMILES string of the molecule is C=Cc1cccc(B2OC[C@H]([C@H]3OC(=O)O[C@@H]3[C@H]3COB(c4cccc(C=C)c4)O3)O2)c1. The van der Waals surface area contributed by atoms with Gasteiger partial charge in [0.25, 0.3) is 0 Å². The normalized spacial score (nSPS) is 27.3. The van der Waals surface area contributed by atoms with E-state index in [4.69, 9.17) is 28.1 Å². The van der Waals surface area contributed by atoms with Gasteiger partial charge in [-0.3, -0.25) is 0 Å². The molecule has 2 aromatic carbocycles. The van der Waals surface area contributed by atoms with Crippen LogP contribution in [0.3, 0.4) is 0 Å². The van der Waals surface area contributed by atoms with Gasteiger partial charge in [0.15, 0.2) is 12.2 Å². The van der Waals surface area contributed by atoms with Crippen molar-refractivity contribution in [3.8, 4) is 0 Å². The Hall–Kier alpha value is -2.84. The highest BCUT2D eigenvalue weighted by molar-refractivity contribution is 6.62. The molecule has 0 saturated carbocycles. The van der Waals surface area contributed by atoms with Crippen molar-refractivity contribution in [3.63, 3.8) is 0 Å². The zero-order chi connectivity index (χ0) is 22.1. The summed E-state index contributed by atoms with van der Waals surface area (Å²) in [7, 11) is -1.12. The van der Waals surface area contributed by atoms with Crippen molar-refractivity contribution in [2.24, 2.45) is 0 Å². The van der Waals surface area contributed by atoms with Crippen LogP contribution < -0.4 is 10.9 Å². The number of benzene rings is 2. The smallest absolute Gasteiger partial charge is 0.424 e. The average Bonchev–Trinajstić information content (AvgIpc) is 3.58. The first-order chi connectivity index (χ1) is 15.6. The third-order valence-corrected chi connectivity index (χ3v) is 5.78. The van der Waals surface area contributed by atoms with Crippen LogP contribution in [0.5, 0.6) is 0 Å². The standard InChI is InChI=1S/C23H22B2O7/c1-3-15-7-5-9-17(11-15)24-27-13-19(31-24)21-22(30-23(26)29-21)20-14-28-25(32-20)18-10-6-8-16(4-2)12-18/h3-12,19-22H,1-2,13-14H2/t19-,20-,21-,22-/m1/s1. The molecule has 0 N–H and O–H groups in total. The van der Waals surface area contributed by atoms with Crippen molar-refractivity contribution in [2.75, 3.05) is 13.2 Å². The summed E-state index contributed by atoms with van der Waals surface area (Å²) in [6.07, 6.45) is 0.463. The maximum atomic E-state index is 12.0. The molecule has 0 bridgehead atoms. The molecule has 0 unspecified atom stereocenters. The molecule has 5 rings (SSSR count). The Morgan fingerprint density at radius 1 is 0.781 bits per heavy atom. The number of carbonyl (C=O) groups excluding carboxylic acids is 1. The average molecular weight is 432 g/mol. The second kappa shape index (κ2) is 8.96. The van der Waals surface area contributed by atoms with E-state index in [2.05, 4.69) is 13.2 Å². The molecule has 0 amide bonds. The second-order valence-electron chi connectivity index (χ2n) is 7.84. The summed E-state index contributed by atoms with van der Waals surface area (Å²) in [4.78, 5) is 12.0. The minimum absolute atomic E-state index is 0.263. The lowest BCUT2D eigenvalue weighted by atomic mass is 9.78. The minimum atomic E-state index is -0.749. The van der Waals surface area contributed by atoms with E-state index >= 15 is 0 Å². The number of hydrogen-bond acceptors (Lipinski definition) is 7. The van der Waals surface area contributed by atoms with Crippen LogP contribution in [0.25, 0.3) is 12.2 Å². The van der Waals surface area contributed by atoms with E-state index in [0.29, 0.717) is 0 Å². The monoisotopic (exact) mass is 432 g/mol. The zero-order valence-electron chi connectivity index (χ0n) is 17.4. The Bertz CT molecular complexity index is 949. The molecule has 2 aromatic rings. The van der Waals surface area contributed by atoms with E-state index < -0.39 is 44.8 Å². The maximum Gasteiger partial charge on any atom is 0.509 e. The van der Waals surface area contributed by atoms with Crippen molar-refractivity contribution >= 4 is 43.5 Å². The molecule has 0 aliphatic carbocycles. The van der Waals surface area contributed by atoms with Crippen LogP contribution in [0.2, 0.25) is 0 Å². The van der Waals surface area contributed by atoms with Gasteiger partial charge in [-0.05, 0) is 22.1 Å². The predicted molar refractivity (Wildman–Crippen MR) is 121 cm³/mol. The summed E-state index contributed by atoms with van der Waals surface area (Å²) in [5.74, 6) is 0. The zero-order valence-corrected chi connectivity index (χ0v) is 17.4. The number of rotatable bonds is 6. The van der Waals surface area contributed by atoms with Crippen LogP contribution in [-0.4, -0.2) is 58.0 Å². The van der Waals surface area contributed by atoms with Crippen LogP contribution in [0.4, 0.5) is 4.79 Å². The van der Waals surface area contributed by atoms with Gasteiger partial charge in [0, 0.05) is 0 Å². The van der Waals surface area contributed by atoms with Crippen molar-refractivity contribution in [1.82, 2.24) is 0 Å². The summed E-state index contributed by atoms with van der Waals surface area (Å²) < 4.78 is 34.8. The number of ether oxygens (including phenoxy) is 2. The third-order valence-electron chi connectivity index (χ3n) is 5.78. The first-order valence-electron chi connectivity index (χ1n) is 10.5. The van der Waals surface area contributed by atoms with E-state index in [1.165, 1.54) is 0 Å². The Morgan fingerprint density at radius 3 is 1.69 bits per heavy atom. The first kappa shape index (κ1) is 21.0. The van der Waals surface area contributed by atoms with E-state index in [-0.39, 0.29) is 13.2 Å². The molecule has 0 radical (unpaired) electrons. The van der Waals surface area contributed by atoms with Gasteiger partial charge in [0.2, 0.25) is 0 Å². The van der Waals surface area contributed by atoms with Crippen molar-refractivity contribution in [3.05, 3.63) is 72.8 Å². The highest BCUT2D eigenvalue weighted by Crippen LogP contribution is 2.30. The van der Waals surface area contributed by atoms with Crippen molar-refractivity contribution in [1.29, 1.82) is 0 Å². The molecule has 7 nitrogen and oxygen atoms in total. The summed E-state index contributed by atoms with van der Waals surface area (Å²) in [5.41, 5.74) is 3.67. The van der Waals surface area contributed by atoms with Gasteiger partial charge in [-0.2, -0.15) is 0 Å². The fourth-order valence-corrected chi connectivity index (χ4v) is 4.16. The number of hydrogen-bond donors (Lipinski definition) is 0. The molecule has 3 aliphatic heterocycles. The Kier molecular flexibility index (Phi) is 5.89. The first-order valence-corrected chi connectivity index (χ1v) is 10.5. The van der Waals surface area contributed by atoms with Crippen LogP contribution in [0.15, 0.2) is 61.7 Å². The van der Waals surface area contributed by atoms with E-state index in [9.17, 15) is 4.79 Å². The summed E-state index contributed by atoms with van der Waals surface area (Å²) in [5, 5.41) is 0. The van der Waals surface area contributed by atoms with Crippen LogP contribution in [0.1, 0.15) is 11.1 Å². The van der Waals surface area contributed by atoms with Gasteiger partial charge in [-0.1, -0.05) is 73.8 Å². The largest absolute Gasteiger partial charge is 0.509 e. The molecule has 3 fully saturated rings. The topological polar surface area (TPSA) is 72.5 Å². The third kappa shape index (κ3) is 4.12. The van der Waals surface area contributed by atoms with E-state index in [1.807, 2.05) is 48.5 Å². The van der Waals surface area contributed by atoms with Gasteiger partial charge in [-0.15, -0.1) is 0 Å². The lowest BCUT2D eigenvalue weighted by Gasteiger charge is -2.24. The number of carbonyl (C=O) groups is 1. The quantitative estimate of drug-likeness (QED) is 0.510. The van der Waals surface area contributed by atoms with Crippen LogP contribution in [0, 0.1) is 0 Å². The molecule has 3 saturated heterocycles. The minimum Gasteiger partial charge on any atom is -0.424 e. The fourth-order valence-electron chi connectivity index (χ4n) is 4.16. The number of cyclic esters (lactones) is 2. The van der Waals surface area contributed by atoms with E-state index in [0.717, 1.165) is 22.1 Å². The molecule has 0 aromatic heterocycles.